The van der Waals surface area contributed by atoms with Gasteiger partial charge in [-0.05, 0) is 47.5 Å². The van der Waals surface area contributed by atoms with Crippen LogP contribution in [-0.2, 0) is 13.2 Å². The van der Waals surface area contributed by atoms with Gasteiger partial charge < -0.3 is 9.64 Å². The van der Waals surface area contributed by atoms with Crippen molar-refractivity contribution in [3.8, 4) is 17.0 Å². The summed E-state index contributed by atoms with van der Waals surface area (Å²) in [6, 6.07) is 26.4. The van der Waals surface area contributed by atoms with Crippen LogP contribution >= 0.6 is 23.2 Å². The molecule has 1 aliphatic rings. The first-order valence-corrected chi connectivity index (χ1v) is 12.8. The largest absolute Gasteiger partial charge is 0.489 e. The van der Waals surface area contributed by atoms with Crippen LogP contribution in [-0.4, -0.2) is 26.0 Å². The van der Waals surface area contributed by atoms with Gasteiger partial charge in [0, 0.05) is 45.7 Å². The third-order valence-electron chi connectivity index (χ3n) is 6.61. The molecule has 1 N–H and O–H groups in total. The smallest absolute Gasteiger partial charge is 0.273 e. The topological polar surface area (TPSA) is 71.1 Å². The zero-order chi connectivity index (χ0) is 26.1. The lowest BCUT2D eigenvalue weighted by atomic mass is 9.96. The second kappa shape index (κ2) is 10.3. The predicted octanol–water partition coefficient (Wildman–Crippen LogP) is 7.10. The molecule has 0 aliphatic carbocycles. The Morgan fingerprint density at radius 1 is 0.921 bits per heavy atom. The summed E-state index contributed by atoms with van der Waals surface area (Å²) in [6.07, 6.45) is 3.50. The van der Waals surface area contributed by atoms with Crippen LogP contribution in [0.15, 0.2) is 97.3 Å². The van der Waals surface area contributed by atoms with Crippen LogP contribution in [0, 0.1) is 0 Å². The van der Waals surface area contributed by atoms with E-state index < -0.39 is 0 Å². The van der Waals surface area contributed by atoms with E-state index in [0.29, 0.717) is 34.6 Å². The van der Waals surface area contributed by atoms with E-state index in [1.165, 1.54) is 0 Å². The van der Waals surface area contributed by atoms with Crippen molar-refractivity contribution >= 4 is 29.1 Å². The Morgan fingerprint density at radius 3 is 2.45 bits per heavy atom. The summed E-state index contributed by atoms with van der Waals surface area (Å²) in [5.74, 6) is 0.600. The minimum Gasteiger partial charge on any atom is -0.489 e. The SMILES string of the molecule is O=C1c2[nH]nc(-c3ccc(Cl)cc3)c2C(c2ccc(OCc3ccccc3Cl)cc2)N1Cc1cccnc1. The summed E-state index contributed by atoms with van der Waals surface area (Å²) < 4.78 is 5.99. The fourth-order valence-corrected chi connectivity index (χ4v) is 5.06. The van der Waals surface area contributed by atoms with Gasteiger partial charge in [-0.15, -0.1) is 0 Å². The van der Waals surface area contributed by atoms with Gasteiger partial charge in [0.05, 0.1) is 11.7 Å². The van der Waals surface area contributed by atoms with Gasteiger partial charge in [-0.3, -0.25) is 14.9 Å². The van der Waals surface area contributed by atoms with E-state index in [1.54, 1.807) is 12.4 Å². The van der Waals surface area contributed by atoms with Crippen LogP contribution in [0.2, 0.25) is 10.0 Å². The minimum absolute atomic E-state index is 0.111. The number of ether oxygens (including phenoxy) is 1. The Kier molecular flexibility index (Phi) is 6.58. The van der Waals surface area contributed by atoms with Gasteiger partial charge in [0.1, 0.15) is 18.1 Å². The van der Waals surface area contributed by atoms with Crippen molar-refractivity contribution in [3.63, 3.8) is 0 Å². The fourth-order valence-electron chi connectivity index (χ4n) is 4.75. The number of benzene rings is 3. The lowest BCUT2D eigenvalue weighted by Crippen LogP contribution is -2.29. The third-order valence-corrected chi connectivity index (χ3v) is 7.23. The van der Waals surface area contributed by atoms with E-state index in [2.05, 4.69) is 15.2 Å². The summed E-state index contributed by atoms with van der Waals surface area (Å²) in [5.41, 5.74) is 5.74. The maximum Gasteiger partial charge on any atom is 0.273 e. The maximum absolute atomic E-state index is 13.6. The molecule has 0 saturated carbocycles. The van der Waals surface area contributed by atoms with E-state index in [-0.39, 0.29) is 11.9 Å². The Morgan fingerprint density at radius 2 is 1.71 bits per heavy atom. The first-order chi connectivity index (χ1) is 18.6. The average molecular weight is 541 g/mol. The number of pyridine rings is 1. The zero-order valence-electron chi connectivity index (χ0n) is 20.1. The molecule has 188 valence electrons. The number of nitrogens with zero attached hydrogens (tertiary/aromatic N) is 3. The van der Waals surface area contributed by atoms with Crippen molar-refractivity contribution in [2.24, 2.45) is 0 Å². The molecule has 0 fully saturated rings. The summed E-state index contributed by atoms with van der Waals surface area (Å²) >= 11 is 12.4. The van der Waals surface area contributed by atoms with Crippen LogP contribution in [0.5, 0.6) is 5.75 Å². The highest BCUT2D eigenvalue weighted by Crippen LogP contribution is 2.43. The van der Waals surface area contributed by atoms with E-state index in [9.17, 15) is 4.79 Å². The number of fused-ring (bicyclic) bond motifs is 1. The van der Waals surface area contributed by atoms with Crippen molar-refractivity contribution in [2.45, 2.75) is 19.2 Å². The molecule has 6 rings (SSSR count). The molecule has 3 heterocycles. The molecule has 3 aromatic carbocycles. The molecule has 6 nitrogen and oxygen atoms in total. The first kappa shape index (κ1) is 24.2. The molecular weight excluding hydrogens is 519 g/mol. The molecular formula is C30H22Cl2N4O2. The van der Waals surface area contributed by atoms with Crippen LogP contribution in [0.1, 0.15) is 38.8 Å². The van der Waals surface area contributed by atoms with Crippen LogP contribution in [0.3, 0.4) is 0 Å². The highest BCUT2D eigenvalue weighted by atomic mass is 35.5. The molecule has 1 unspecified atom stereocenters. The van der Waals surface area contributed by atoms with Gasteiger partial charge in [-0.25, -0.2) is 0 Å². The molecule has 1 atom stereocenters. The van der Waals surface area contributed by atoms with Gasteiger partial charge in [-0.2, -0.15) is 5.10 Å². The number of aromatic nitrogens is 3. The Labute approximate surface area is 229 Å². The molecule has 0 radical (unpaired) electrons. The first-order valence-electron chi connectivity index (χ1n) is 12.1. The van der Waals surface area contributed by atoms with Gasteiger partial charge >= 0.3 is 0 Å². The number of rotatable bonds is 7. The van der Waals surface area contributed by atoms with Crippen molar-refractivity contribution < 1.29 is 9.53 Å². The van der Waals surface area contributed by atoms with Crippen molar-refractivity contribution in [3.05, 3.63) is 135 Å². The fraction of sp³-hybridized carbons (Fsp3) is 0.100. The van der Waals surface area contributed by atoms with E-state index in [0.717, 1.165) is 33.5 Å². The Hall–Kier alpha value is -4.13. The summed E-state index contributed by atoms with van der Waals surface area (Å²) in [5, 5.41) is 8.83. The number of nitrogens with one attached hydrogen (secondary N) is 1. The van der Waals surface area contributed by atoms with Gasteiger partial charge in [0.15, 0.2) is 0 Å². The van der Waals surface area contributed by atoms with Gasteiger partial charge in [0.2, 0.25) is 0 Å². The van der Waals surface area contributed by atoms with Gasteiger partial charge in [-0.1, -0.05) is 71.7 Å². The minimum atomic E-state index is -0.347. The second-order valence-electron chi connectivity index (χ2n) is 9.01. The standard InChI is InChI=1S/C30H22Cl2N4O2/c31-23-11-7-20(8-12-23)27-26-28(35-34-27)30(37)36(17-19-4-3-15-33-16-19)29(26)21-9-13-24(14-10-21)38-18-22-5-1-2-6-25(22)32/h1-16,29H,17-18H2,(H,34,35). The molecule has 8 heteroatoms. The van der Waals surface area contributed by atoms with E-state index in [1.807, 2.05) is 89.8 Å². The molecule has 0 bridgehead atoms. The van der Waals surface area contributed by atoms with Gasteiger partial charge in [0.25, 0.3) is 5.91 Å². The van der Waals surface area contributed by atoms with E-state index in [4.69, 9.17) is 27.9 Å². The number of H-pyrrole nitrogens is 1. The number of amides is 1. The second-order valence-corrected chi connectivity index (χ2v) is 9.86. The summed E-state index contributed by atoms with van der Waals surface area (Å²) in [6.45, 7) is 0.769. The number of aromatic amines is 1. The Bertz CT molecular complexity index is 1590. The number of hydrogen-bond donors (Lipinski definition) is 1. The summed E-state index contributed by atoms with van der Waals surface area (Å²) in [4.78, 5) is 19.7. The molecule has 0 spiro atoms. The molecule has 0 saturated heterocycles. The number of carbonyl (C=O) groups excluding carboxylic acids is 1. The quantitative estimate of drug-likeness (QED) is 0.239. The highest BCUT2D eigenvalue weighted by molar-refractivity contribution is 6.31. The number of carbonyl (C=O) groups is 1. The van der Waals surface area contributed by atoms with Crippen LogP contribution in [0.4, 0.5) is 0 Å². The average Bonchev–Trinajstić information content (AvgIpc) is 3.49. The Balaban J connectivity index is 1.35. The zero-order valence-corrected chi connectivity index (χ0v) is 21.7. The lowest BCUT2D eigenvalue weighted by molar-refractivity contribution is 0.0730. The molecule has 38 heavy (non-hydrogen) atoms. The van der Waals surface area contributed by atoms with Crippen LogP contribution in [0.25, 0.3) is 11.3 Å². The number of halogens is 2. The van der Waals surface area contributed by atoms with Crippen molar-refractivity contribution in [1.29, 1.82) is 0 Å². The van der Waals surface area contributed by atoms with E-state index >= 15 is 0 Å². The third kappa shape index (κ3) is 4.64. The number of hydrogen-bond acceptors (Lipinski definition) is 4. The van der Waals surface area contributed by atoms with Crippen molar-refractivity contribution in [2.75, 3.05) is 0 Å². The van der Waals surface area contributed by atoms with Crippen LogP contribution < -0.4 is 4.74 Å². The molecule has 1 amide bonds. The highest BCUT2D eigenvalue weighted by Gasteiger charge is 2.42. The molecule has 1 aliphatic heterocycles. The molecule has 2 aromatic heterocycles. The normalized spacial score (nSPS) is 14.5. The monoisotopic (exact) mass is 540 g/mol. The maximum atomic E-state index is 13.6. The summed E-state index contributed by atoms with van der Waals surface area (Å²) in [7, 11) is 0. The molecule has 5 aromatic rings. The lowest BCUT2D eigenvalue weighted by Gasteiger charge is -2.26. The van der Waals surface area contributed by atoms with Crippen molar-refractivity contribution in [1.82, 2.24) is 20.1 Å². The predicted molar refractivity (Wildman–Crippen MR) is 147 cm³/mol.